The van der Waals surface area contributed by atoms with Crippen molar-refractivity contribution in [3.8, 4) is 0 Å². The minimum absolute atomic E-state index is 0.0608. The van der Waals surface area contributed by atoms with E-state index in [4.69, 9.17) is 0 Å². The molecule has 0 saturated carbocycles. The van der Waals surface area contributed by atoms with Crippen molar-refractivity contribution in [1.29, 1.82) is 0 Å². The van der Waals surface area contributed by atoms with Crippen LogP contribution in [-0.4, -0.2) is 39.1 Å². The summed E-state index contributed by atoms with van der Waals surface area (Å²) in [5, 5.41) is 5.40. The van der Waals surface area contributed by atoms with Gasteiger partial charge in [0.15, 0.2) is 0 Å². The number of hydrogen-bond acceptors (Lipinski definition) is 4. The van der Waals surface area contributed by atoms with Crippen LogP contribution in [0.25, 0.3) is 0 Å². The molecule has 150 valence electrons. The minimum Gasteiger partial charge on any atom is -0.350 e. The van der Waals surface area contributed by atoms with Gasteiger partial charge < -0.3 is 10.6 Å². The SMILES string of the molecule is CC(C)NC(=O)c1ccccc1NC(=O)CN(c1ccc(Br)cc1)S(C)(=O)=O. The first-order valence-electron chi connectivity index (χ1n) is 8.51. The molecule has 0 radical (unpaired) electrons. The van der Waals surface area contributed by atoms with Crippen molar-refractivity contribution in [2.24, 2.45) is 0 Å². The second-order valence-corrected chi connectivity index (χ2v) is 9.29. The maximum Gasteiger partial charge on any atom is 0.253 e. The second-order valence-electron chi connectivity index (χ2n) is 6.47. The third kappa shape index (κ3) is 6.07. The van der Waals surface area contributed by atoms with E-state index in [2.05, 4.69) is 26.6 Å². The fraction of sp³-hybridized carbons (Fsp3) is 0.263. The van der Waals surface area contributed by atoms with Gasteiger partial charge >= 0.3 is 0 Å². The smallest absolute Gasteiger partial charge is 0.253 e. The van der Waals surface area contributed by atoms with E-state index in [-0.39, 0.29) is 11.9 Å². The van der Waals surface area contributed by atoms with Gasteiger partial charge in [0.25, 0.3) is 5.91 Å². The van der Waals surface area contributed by atoms with E-state index in [0.29, 0.717) is 16.9 Å². The first-order valence-corrected chi connectivity index (χ1v) is 11.1. The van der Waals surface area contributed by atoms with Crippen molar-refractivity contribution in [3.05, 3.63) is 58.6 Å². The van der Waals surface area contributed by atoms with Crippen LogP contribution in [0.3, 0.4) is 0 Å². The summed E-state index contributed by atoms with van der Waals surface area (Å²) < 4.78 is 26.1. The predicted octanol–water partition coefficient (Wildman–Crippen LogP) is 2.99. The molecule has 0 atom stereocenters. The molecule has 0 bridgehead atoms. The van der Waals surface area contributed by atoms with Crippen LogP contribution in [-0.2, 0) is 14.8 Å². The Kier molecular flexibility index (Phi) is 7.20. The fourth-order valence-corrected chi connectivity index (χ4v) is 3.58. The summed E-state index contributed by atoms with van der Waals surface area (Å²) in [6.45, 7) is 3.25. The number of benzene rings is 2. The Hall–Kier alpha value is -2.39. The molecule has 0 saturated heterocycles. The van der Waals surface area contributed by atoms with Crippen LogP contribution in [0.4, 0.5) is 11.4 Å². The number of rotatable bonds is 7. The van der Waals surface area contributed by atoms with Crippen LogP contribution in [0.2, 0.25) is 0 Å². The molecule has 0 aliphatic heterocycles. The highest BCUT2D eigenvalue weighted by molar-refractivity contribution is 9.10. The standard InChI is InChI=1S/C19H22BrN3O4S/c1-13(2)21-19(25)16-6-4-5-7-17(16)22-18(24)12-23(28(3,26)27)15-10-8-14(20)9-11-15/h4-11,13H,12H2,1-3H3,(H,21,25)(H,22,24). The lowest BCUT2D eigenvalue weighted by Crippen LogP contribution is -2.38. The van der Waals surface area contributed by atoms with Gasteiger partial charge in [-0.15, -0.1) is 0 Å². The van der Waals surface area contributed by atoms with Gasteiger partial charge in [-0.3, -0.25) is 13.9 Å². The Morgan fingerprint density at radius 1 is 1.07 bits per heavy atom. The number of halogens is 1. The van der Waals surface area contributed by atoms with Crippen LogP contribution in [0.5, 0.6) is 0 Å². The number of carbonyl (C=O) groups excluding carboxylic acids is 2. The largest absolute Gasteiger partial charge is 0.350 e. The van der Waals surface area contributed by atoms with Gasteiger partial charge in [-0.1, -0.05) is 28.1 Å². The van der Waals surface area contributed by atoms with Gasteiger partial charge in [-0.25, -0.2) is 8.42 Å². The van der Waals surface area contributed by atoms with Gasteiger partial charge in [0, 0.05) is 10.5 Å². The third-order valence-corrected chi connectivity index (χ3v) is 5.34. The average Bonchev–Trinajstić information content (AvgIpc) is 2.59. The number of hydrogen-bond donors (Lipinski definition) is 2. The highest BCUT2D eigenvalue weighted by Gasteiger charge is 2.22. The highest BCUT2D eigenvalue weighted by Crippen LogP contribution is 2.21. The summed E-state index contributed by atoms with van der Waals surface area (Å²) in [7, 11) is -3.68. The lowest BCUT2D eigenvalue weighted by molar-refractivity contribution is -0.114. The van der Waals surface area contributed by atoms with Gasteiger partial charge in [0.1, 0.15) is 6.54 Å². The Labute approximate surface area is 173 Å². The van der Waals surface area contributed by atoms with Crippen molar-refractivity contribution < 1.29 is 18.0 Å². The molecule has 0 aromatic heterocycles. The summed E-state index contributed by atoms with van der Waals surface area (Å²) in [5.74, 6) is -0.878. The van der Waals surface area contributed by atoms with E-state index >= 15 is 0 Å². The van der Waals surface area contributed by atoms with E-state index in [0.717, 1.165) is 15.0 Å². The molecule has 0 spiro atoms. The molecular formula is C19H22BrN3O4S. The zero-order chi connectivity index (χ0) is 20.9. The molecule has 2 N–H and O–H groups in total. The van der Waals surface area contributed by atoms with Gasteiger partial charge in [0.2, 0.25) is 15.9 Å². The molecule has 7 nitrogen and oxygen atoms in total. The number of para-hydroxylation sites is 1. The number of carbonyl (C=O) groups is 2. The second kappa shape index (κ2) is 9.20. The highest BCUT2D eigenvalue weighted by atomic mass is 79.9. The number of sulfonamides is 1. The van der Waals surface area contributed by atoms with E-state index in [9.17, 15) is 18.0 Å². The lowest BCUT2D eigenvalue weighted by Gasteiger charge is -2.22. The third-order valence-electron chi connectivity index (χ3n) is 3.67. The summed E-state index contributed by atoms with van der Waals surface area (Å²) in [4.78, 5) is 24.9. The van der Waals surface area contributed by atoms with E-state index in [1.807, 2.05) is 13.8 Å². The first kappa shape index (κ1) is 21.9. The van der Waals surface area contributed by atoms with Crippen LogP contribution >= 0.6 is 15.9 Å². The van der Waals surface area contributed by atoms with E-state index in [1.165, 1.54) is 0 Å². The topological polar surface area (TPSA) is 95.6 Å². The van der Waals surface area contributed by atoms with Crippen molar-refractivity contribution in [2.45, 2.75) is 19.9 Å². The Balaban J connectivity index is 2.22. The molecule has 28 heavy (non-hydrogen) atoms. The monoisotopic (exact) mass is 467 g/mol. The number of nitrogens with one attached hydrogen (secondary N) is 2. The zero-order valence-corrected chi connectivity index (χ0v) is 18.2. The average molecular weight is 468 g/mol. The number of anilines is 2. The lowest BCUT2D eigenvalue weighted by atomic mass is 10.1. The van der Waals surface area contributed by atoms with Crippen molar-refractivity contribution in [3.63, 3.8) is 0 Å². The first-order chi connectivity index (χ1) is 13.1. The van der Waals surface area contributed by atoms with Gasteiger partial charge in [-0.05, 0) is 50.2 Å². The minimum atomic E-state index is -3.68. The van der Waals surface area contributed by atoms with Crippen LogP contribution < -0.4 is 14.9 Å². The molecule has 0 heterocycles. The summed E-state index contributed by atoms with van der Waals surface area (Å²) in [5.41, 5.74) is 0.987. The summed E-state index contributed by atoms with van der Waals surface area (Å²) in [6.07, 6.45) is 1.03. The molecule has 0 unspecified atom stereocenters. The molecule has 0 aliphatic carbocycles. The zero-order valence-electron chi connectivity index (χ0n) is 15.8. The Morgan fingerprint density at radius 3 is 2.25 bits per heavy atom. The molecule has 2 rings (SSSR count). The summed E-state index contributed by atoms with van der Waals surface area (Å²) >= 11 is 3.29. The van der Waals surface area contributed by atoms with E-state index in [1.54, 1.807) is 48.5 Å². The molecule has 9 heteroatoms. The number of nitrogens with zero attached hydrogens (tertiary/aromatic N) is 1. The van der Waals surface area contributed by atoms with Crippen LogP contribution in [0.15, 0.2) is 53.0 Å². The van der Waals surface area contributed by atoms with Crippen molar-refractivity contribution in [2.75, 3.05) is 22.4 Å². The molecular weight excluding hydrogens is 446 g/mol. The van der Waals surface area contributed by atoms with Crippen molar-refractivity contribution in [1.82, 2.24) is 5.32 Å². The maximum absolute atomic E-state index is 12.5. The Bertz CT molecular complexity index is 959. The Morgan fingerprint density at radius 2 is 1.68 bits per heavy atom. The molecule has 2 aromatic rings. The fourth-order valence-electron chi connectivity index (χ4n) is 2.46. The van der Waals surface area contributed by atoms with Crippen molar-refractivity contribution >= 4 is 49.1 Å². The molecule has 0 fully saturated rings. The van der Waals surface area contributed by atoms with Crippen LogP contribution in [0.1, 0.15) is 24.2 Å². The number of amides is 2. The van der Waals surface area contributed by atoms with Gasteiger partial charge in [-0.2, -0.15) is 0 Å². The molecule has 2 amide bonds. The molecule has 0 aliphatic rings. The molecule has 2 aromatic carbocycles. The van der Waals surface area contributed by atoms with E-state index < -0.39 is 22.5 Å². The van der Waals surface area contributed by atoms with Crippen LogP contribution in [0, 0.1) is 0 Å². The summed E-state index contributed by atoms with van der Waals surface area (Å²) in [6, 6.07) is 13.1. The predicted molar refractivity (Wildman–Crippen MR) is 114 cm³/mol. The maximum atomic E-state index is 12.5. The normalized spacial score (nSPS) is 11.2. The van der Waals surface area contributed by atoms with Gasteiger partial charge in [0.05, 0.1) is 23.2 Å². The quantitative estimate of drug-likeness (QED) is 0.653.